The lowest BCUT2D eigenvalue weighted by atomic mass is 9.36. The number of fused-ring (bicyclic) bond motifs is 4. The number of carbonyl (C=O) groups is 1. The average molecular weight is 507 g/mol. The van der Waals surface area contributed by atoms with Crippen molar-refractivity contribution in [3.05, 3.63) is 34.9 Å². The van der Waals surface area contributed by atoms with E-state index in [1.165, 1.54) is 16.7 Å². The van der Waals surface area contributed by atoms with E-state index in [-0.39, 0.29) is 16.2 Å². The number of hydrogen-bond acceptors (Lipinski definition) is 4. The molecule has 4 saturated carbocycles. The average Bonchev–Trinajstić information content (AvgIpc) is 3.12. The lowest BCUT2D eigenvalue weighted by Gasteiger charge is -2.70. The molecule has 1 N–H and O–H groups in total. The van der Waals surface area contributed by atoms with Gasteiger partial charge >= 0.3 is 0 Å². The van der Waals surface area contributed by atoms with Crippen LogP contribution in [0.2, 0.25) is 0 Å². The van der Waals surface area contributed by atoms with Crippen molar-refractivity contribution in [2.24, 2.45) is 34.0 Å². The molecule has 0 radical (unpaired) electrons. The van der Waals surface area contributed by atoms with E-state index >= 15 is 0 Å². The fourth-order valence-electron chi connectivity index (χ4n) is 11.1. The molecule has 7 rings (SSSR count). The molecule has 5 aliphatic carbocycles. The Bertz CT molecular complexity index is 1140. The zero-order chi connectivity index (χ0) is 26.0. The number of carbonyl (C=O) groups excluding carboxylic acids is 1. The van der Waals surface area contributed by atoms with E-state index in [0.717, 1.165) is 57.8 Å². The first-order valence-corrected chi connectivity index (χ1v) is 15.1. The quantitative estimate of drug-likeness (QED) is 0.422. The minimum absolute atomic E-state index is 0.0566. The smallest absolute Gasteiger partial charge is 0.139 e. The molecule has 4 heteroatoms. The number of rotatable bonds is 1. The maximum atomic E-state index is 13.3. The minimum atomic E-state index is -0.761. The Morgan fingerprint density at radius 2 is 1.86 bits per heavy atom. The van der Waals surface area contributed by atoms with Crippen LogP contribution in [0.15, 0.2) is 18.2 Å². The van der Waals surface area contributed by atoms with E-state index < -0.39 is 11.2 Å². The monoisotopic (exact) mass is 506 g/mol. The van der Waals surface area contributed by atoms with Crippen LogP contribution >= 0.6 is 0 Å². The van der Waals surface area contributed by atoms with Crippen molar-refractivity contribution in [2.75, 3.05) is 6.61 Å². The lowest BCUT2D eigenvalue weighted by Crippen LogP contribution is -2.70. The van der Waals surface area contributed by atoms with Crippen LogP contribution in [0.1, 0.15) is 121 Å². The first-order valence-electron chi connectivity index (χ1n) is 15.1. The van der Waals surface area contributed by atoms with Gasteiger partial charge in [-0.25, -0.2) is 9.78 Å². The molecule has 1 aromatic carbocycles. The number of aliphatic hydroxyl groups is 1. The van der Waals surface area contributed by atoms with Gasteiger partial charge in [-0.2, -0.15) is 0 Å². The van der Waals surface area contributed by atoms with Crippen LogP contribution in [0.3, 0.4) is 0 Å². The highest BCUT2D eigenvalue weighted by molar-refractivity contribution is 5.87. The molecule has 0 amide bonds. The van der Waals surface area contributed by atoms with Crippen molar-refractivity contribution in [3.8, 4) is 0 Å². The van der Waals surface area contributed by atoms with E-state index in [9.17, 15) is 9.90 Å². The van der Waals surface area contributed by atoms with Crippen LogP contribution in [0, 0.1) is 34.0 Å². The van der Waals surface area contributed by atoms with Gasteiger partial charge in [0.2, 0.25) is 0 Å². The number of benzene rings is 1. The highest BCUT2D eigenvalue weighted by Crippen LogP contribution is 2.74. The van der Waals surface area contributed by atoms with Gasteiger partial charge in [-0.15, -0.1) is 0 Å². The largest absolute Gasteiger partial charge is 0.389 e. The van der Waals surface area contributed by atoms with E-state index in [1.54, 1.807) is 0 Å². The SMILES string of the molecule is CC(C)c1ccc2c(c1)C[C@]13CCC4(CC(C)(C)COO4)C[C@]1(O)CC[C@@H]1[C@@H]3[C@@H]2C[C@]2(C)C(=O)CC[C@@H]12. The summed E-state index contributed by atoms with van der Waals surface area (Å²) in [4.78, 5) is 25.2. The third-order valence-corrected chi connectivity index (χ3v) is 12.5. The molecule has 202 valence electrons. The van der Waals surface area contributed by atoms with Crippen molar-refractivity contribution in [3.63, 3.8) is 0 Å². The maximum Gasteiger partial charge on any atom is 0.139 e. The molecular formula is C33H46O4. The summed E-state index contributed by atoms with van der Waals surface area (Å²) in [6.07, 6.45) is 9.15. The van der Waals surface area contributed by atoms with Crippen LogP contribution in [0.25, 0.3) is 0 Å². The maximum absolute atomic E-state index is 13.3. The Morgan fingerprint density at radius 1 is 1.05 bits per heavy atom. The molecule has 1 unspecified atom stereocenters. The van der Waals surface area contributed by atoms with Gasteiger partial charge in [0.15, 0.2) is 0 Å². The molecule has 0 aromatic heterocycles. The molecule has 5 fully saturated rings. The summed E-state index contributed by atoms with van der Waals surface area (Å²) in [5, 5.41) is 12.9. The van der Waals surface area contributed by atoms with Gasteiger partial charge in [-0.3, -0.25) is 4.79 Å². The second kappa shape index (κ2) is 7.70. The number of hydrogen-bond donors (Lipinski definition) is 1. The van der Waals surface area contributed by atoms with Gasteiger partial charge in [-0.1, -0.05) is 52.8 Å². The summed E-state index contributed by atoms with van der Waals surface area (Å²) in [7, 11) is 0. The molecule has 2 spiro atoms. The summed E-state index contributed by atoms with van der Waals surface area (Å²) in [5.41, 5.74) is 2.87. The van der Waals surface area contributed by atoms with Crippen molar-refractivity contribution in [1.82, 2.24) is 0 Å². The van der Waals surface area contributed by atoms with E-state index in [2.05, 4.69) is 52.8 Å². The molecule has 37 heavy (non-hydrogen) atoms. The molecule has 8 atom stereocenters. The Kier molecular flexibility index (Phi) is 5.16. The van der Waals surface area contributed by atoms with Gasteiger partial charge in [0.05, 0.1) is 12.2 Å². The topological polar surface area (TPSA) is 55.8 Å². The molecular weight excluding hydrogens is 460 g/mol. The summed E-state index contributed by atoms with van der Waals surface area (Å²) in [6.45, 7) is 12.0. The predicted molar refractivity (Wildman–Crippen MR) is 143 cm³/mol. The van der Waals surface area contributed by atoms with Crippen molar-refractivity contribution in [1.29, 1.82) is 0 Å². The molecule has 1 aromatic rings. The number of ketones is 1. The Balaban J connectivity index is 1.37. The highest BCUT2D eigenvalue weighted by Gasteiger charge is 2.72. The third kappa shape index (κ3) is 3.28. The van der Waals surface area contributed by atoms with Crippen LogP contribution in [-0.2, 0) is 21.0 Å². The normalized spacial score (nSPS) is 47.8. The van der Waals surface area contributed by atoms with Crippen molar-refractivity contribution >= 4 is 5.78 Å². The Labute approximate surface area is 222 Å². The van der Waals surface area contributed by atoms with Crippen LogP contribution in [0.5, 0.6) is 0 Å². The summed E-state index contributed by atoms with van der Waals surface area (Å²) >= 11 is 0. The minimum Gasteiger partial charge on any atom is -0.389 e. The first kappa shape index (κ1) is 24.8. The van der Waals surface area contributed by atoms with E-state index in [1.807, 2.05) is 0 Å². The summed E-state index contributed by atoms with van der Waals surface area (Å²) < 4.78 is 0. The second-order valence-electron chi connectivity index (χ2n) is 15.5. The fourth-order valence-corrected chi connectivity index (χ4v) is 11.1. The predicted octanol–water partition coefficient (Wildman–Crippen LogP) is 6.88. The third-order valence-electron chi connectivity index (χ3n) is 12.5. The van der Waals surface area contributed by atoms with Crippen molar-refractivity contribution in [2.45, 2.75) is 122 Å². The van der Waals surface area contributed by atoms with E-state index in [0.29, 0.717) is 48.4 Å². The molecule has 1 saturated heterocycles. The van der Waals surface area contributed by atoms with Crippen LogP contribution in [0.4, 0.5) is 0 Å². The zero-order valence-corrected chi connectivity index (χ0v) is 23.6. The summed E-state index contributed by atoms with van der Waals surface area (Å²) in [6, 6.07) is 7.19. The molecule has 4 nitrogen and oxygen atoms in total. The molecule has 0 bridgehead atoms. The Hall–Kier alpha value is -1.23. The standard InChI is InChI=1S/C33H46O4/c1-20(2)21-6-7-23-22(14-21)15-32-13-12-31(17-29(3,4)19-36-37-31)18-33(32,35)11-10-24-26-8-9-27(34)30(26,5)16-25(23)28(24)32/h6-7,14,20,24-26,28,35H,8-13,15-19H2,1-5H3/t24-,25+,26-,28+,30-,31?,32-,33+/m0/s1. The number of Topliss-reactive ketones (excluding diaryl/α,β-unsaturated/α-hetero) is 1. The van der Waals surface area contributed by atoms with Crippen LogP contribution < -0.4 is 0 Å². The molecule has 6 aliphatic rings. The van der Waals surface area contributed by atoms with Gasteiger partial charge in [0, 0.05) is 23.7 Å². The second-order valence-corrected chi connectivity index (χ2v) is 15.5. The summed E-state index contributed by atoms with van der Waals surface area (Å²) in [5.74, 6) is 2.79. The van der Waals surface area contributed by atoms with Crippen LogP contribution in [-0.4, -0.2) is 28.7 Å². The van der Waals surface area contributed by atoms with E-state index in [4.69, 9.17) is 9.78 Å². The lowest BCUT2D eigenvalue weighted by molar-refractivity contribution is -0.425. The van der Waals surface area contributed by atoms with Gasteiger partial charge in [-0.05, 0) is 103 Å². The highest BCUT2D eigenvalue weighted by atomic mass is 17.2. The fraction of sp³-hybridized carbons (Fsp3) is 0.788. The first-order chi connectivity index (χ1) is 17.4. The van der Waals surface area contributed by atoms with Gasteiger partial charge < -0.3 is 5.11 Å². The van der Waals surface area contributed by atoms with Gasteiger partial charge in [0.1, 0.15) is 11.4 Å². The van der Waals surface area contributed by atoms with Gasteiger partial charge in [0.25, 0.3) is 0 Å². The zero-order valence-electron chi connectivity index (χ0n) is 23.6. The molecule has 1 aliphatic heterocycles. The Morgan fingerprint density at radius 3 is 2.62 bits per heavy atom. The van der Waals surface area contributed by atoms with Crippen molar-refractivity contribution < 1.29 is 19.7 Å². The molecule has 1 heterocycles.